The van der Waals surface area contributed by atoms with Crippen LogP contribution in [0.1, 0.15) is 52.9 Å². The molecule has 0 radical (unpaired) electrons. The number of hydrogen-bond donors (Lipinski definition) is 1. The van der Waals surface area contributed by atoms with E-state index in [1.54, 1.807) is 0 Å². The van der Waals surface area contributed by atoms with E-state index < -0.39 is 5.60 Å². The molecule has 0 aromatic heterocycles. The van der Waals surface area contributed by atoms with Gasteiger partial charge in [-0.25, -0.2) is 0 Å². The minimum Gasteiger partial charge on any atom is -0.389 e. The zero-order valence-corrected chi connectivity index (χ0v) is 13.1. The molecule has 3 nitrogen and oxygen atoms in total. The van der Waals surface area contributed by atoms with Gasteiger partial charge in [0.25, 0.3) is 0 Å². The number of rotatable bonds is 4. The lowest BCUT2D eigenvalue weighted by atomic mass is 9.90. The minimum absolute atomic E-state index is 0.326. The summed E-state index contributed by atoms with van der Waals surface area (Å²) in [6, 6.07) is 0.806. The van der Waals surface area contributed by atoms with Crippen molar-refractivity contribution in [3.05, 3.63) is 0 Å². The molecule has 2 aliphatic heterocycles. The Hall–Kier alpha value is -0.120. The van der Waals surface area contributed by atoms with E-state index >= 15 is 0 Å². The summed E-state index contributed by atoms with van der Waals surface area (Å²) in [5.41, 5.74) is -0.544. The maximum absolute atomic E-state index is 10.4. The third-order valence-corrected chi connectivity index (χ3v) is 5.25. The SMILES string of the molecule is CC(C)C(C)(O)CN1CCC(N2CCCCC2)CC1. The van der Waals surface area contributed by atoms with Gasteiger partial charge in [-0.3, -0.25) is 0 Å². The van der Waals surface area contributed by atoms with Gasteiger partial charge in [0.05, 0.1) is 5.60 Å². The minimum atomic E-state index is -0.544. The Balaban J connectivity index is 1.76. The molecule has 0 bridgehead atoms. The summed E-state index contributed by atoms with van der Waals surface area (Å²) in [5, 5.41) is 10.4. The molecule has 3 heteroatoms. The van der Waals surface area contributed by atoms with Crippen molar-refractivity contribution in [3.63, 3.8) is 0 Å². The number of β-amino-alcohol motifs (C(OH)–C–C–N with tert-alkyl or cyclic N) is 1. The predicted octanol–water partition coefficient (Wildman–Crippen LogP) is 2.34. The van der Waals surface area contributed by atoms with Crippen LogP contribution in [0.5, 0.6) is 0 Å². The molecule has 2 heterocycles. The van der Waals surface area contributed by atoms with Gasteiger partial charge >= 0.3 is 0 Å². The normalized spacial score (nSPS) is 27.6. The van der Waals surface area contributed by atoms with Crippen molar-refractivity contribution in [1.29, 1.82) is 0 Å². The van der Waals surface area contributed by atoms with Gasteiger partial charge < -0.3 is 14.9 Å². The Bertz CT molecular complexity index is 264. The van der Waals surface area contributed by atoms with Gasteiger partial charge in [0, 0.05) is 12.6 Å². The number of piperidine rings is 2. The maximum atomic E-state index is 10.4. The lowest BCUT2D eigenvalue weighted by Gasteiger charge is -2.42. The molecule has 1 atom stereocenters. The average molecular weight is 268 g/mol. The van der Waals surface area contributed by atoms with E-state index in [-0.39, 0.29) is 0 Å². The molecule has 0 aromatic rings. The van der Waals surface area contributed by atoms with Gasteiger partial charge in [-0.2, -0.15) is 0 Å². The number of aliphatic hydroxyl groups is 1. The van der Waals surface area contributed by atoms with Crippen LogP contribution in [0.3, 0.4) is 0 Å². The number of likely N-dealkylation sites (tertiary alicyclic amines) is 2. The van der Waals surface area contributed by atoms with Crippen LogP contribution < -0.4 is 0 Å². The van der Waals surface area contributed by atoms with E-state index in [9.17, 15) is 5.11 Å². The Morgan fingerprint density at radius 2 is 1.63 bits per heavy atom. The monoisotopic (exact) mass is 268 g/mol. The topological polar surface area (TPSA) is 26.7 Å². The summed E-state index contributed by atoms with van der Waals surface area (Å²) in [5.74, 6) is 0.326. The van der Waals surface area contributed by atoms with Gasteiger partial charge in [-0.15, -0.1) is 0 Å². The highest BCUT2D eigenvalue weighted by atomic mass is 16.3. The smallest absolute Gasteiger partial charge is 0.0768 e. The van der Waals surface area contributed by atoms with E-state index in [0.717, 1.165) is 25.7 Å². The highest BCUT2D eigenvalue weighted by Gasteiger charge is 2.31. The van der Waals surface area contributed by atoms with Crippen LogP contribution >= 0.6 is 0 Å². The summed E-state index contributed by atoms with van der Waals surface area (Å²) in [6.45, 7) is 12.0. The molecule has 1 N–H and O–H groups in total. The molecule has 0 aromatic carbocycles. The first-order chi connectivity index (χ1) is 8.99. The lowest BCUT2D eigenvalue weighted by Crippen LogP contribution is -2.51. The van der Waals surface area contributed by atoms with Crippen LogP contribution in [-0.4, -0.2) is 59.3 Å². The summed E-state index contributed by atoms with van der Waals surface area (Å²) in [4.78, 5) is 5.17. The standard InChI is InChI=1S/C16H32N2O/c1-14(2)16(3,19)13-17-11-7-15(8-12-17)18-9-5-4-6-10-18/h14-15,19H,4-13H2,1-3H3. The van der Waals surface area contributed by atoms with E-state index in [1.807, 2.05) is 6.92 Å². The molecule has 0 saturated carbocycles. The van der Waals surface area contributed by atoms with Crippen molar-refractivity contribution in [2.75, 3.05) is 32.7 Å². The van der Waals surface area contributed by atoms with E-state index in [0.29, 0.717) is 5.92 Å². The van der Waals surface area contributed by atoms with Gasteiger partial charge in [-0.05, 0) is 64.7 Å². The molecule has 2 rings (SSSR count). The fourth-order valence-corrected chi connectivity index (χ4v) is 3.36. The maximum Gasteiger partial charge on any atom is 0.0768 e. The van der Waals surface area contributed by atoms with Crippen LogP contribution in [0.25, 0.3) is 0 Å². The van der Waals surface area contributed by atoms with E-state index in [2.05, 4.69) is 23.6 Å². The second-order valence-electron chi connectivity index (χ2n) is 7.12. The van der Waals surface area contributed by atoms with E-state index in [4.69, 9.17) is 0 Å². The van der Waals surface area contributed by atoms with Gasteiger partial charge in [0.1, 0.15) is 0 Å². The zero-order valence-electron chi connectivity index (χ0n) is 13.1. The Morgan fingerprint density at radius 3 is 2.16 bits per heavy atom. The molecule has 1 unspecified atom stereocenters. The van der Waals surface area contributed by atoms with Crippen molar-refractivity contribution >= 4 is 0 Å². The molecule has 19 heavy (non-hydrogen) atoms. The average Bonchev–Trinajstić information content (AvgIpc) is 2.40. The van der Waals surface area contributed by atoms with Crippen molar-refractivity contribution in [1.82, 2.24) is 9.80 Å². The highest BCUT2D eigenvalue weighted by Crippen LogP contribution is 2.24. The third kappa shape index (κ3) is 4.17. The summed E-state index contributed by atoms with van der Waals surface area (Å²) in [7, 11) is 0. The molecule has 0 aliphatic carbocycles. The van der Waals surface area contributed by atoms with Crippen LogP contribution in [0.15, 0.2) is 0 Å². The molecule has 0 spiro atoms. The van der Waals surface area contributed by atoms with Crippen LogP contribution in [0, 0.1) is 5.92 Å². The summed E-state index contributed by atoms with van der Waals surface area (Å²) in [6.07, 6.45) is 6.78. The van der Waals surface area contributed by atoms with Crippen molar-refractivity contribution in [2.24, 2.45) is 5.92 Å². The third-order valence-electron chi connectivity index (χ3n) is 5.25. The molecule has 0 amide bonds. The van der Waals surface area contributed by atoms with Crippen LogP contribution in [0.2, 0.25) is 0 Å². The van der Waals surface area contributed by atoms with Crippen molar-refractivity contribution in [3.8, 4) is 0 Å². The first-order valence-electron chi connectivity index (χ1n) is 8.18. The Labute approximate surface area is 119 Å². The molecule has 2 saturated heterocycles. The molecule has 2 aliphatic rings. The Morgan fingerprint density at radius 1 is 1.05 bits per heavy atom. The predicted molar refractivity (Wildman–Crippen MR) is 80.3 cm³/mol. The number of hydrogen-bond acceptors (Lipinski definition) is 3. The second-order valence-corrected chi connectivity index (χ2v) is 7.12. The fraction of sp³-hybridized carbons (Fsp3) is 1.00. The summed E-state index contributed by atoms with van der Waals surface area (Å²) >= 11 is 0. The number of nitrogens with zero attached hydrogens (tertiary/aromatic N) is 2. The van der Waals surface area contributed by atoms with Crippen LogP contribution in [-0.2, 0) is 0 Å². The largest absolute Gasteiger partial charge is 0.389 e. The molecule has 112 valence electrons. The first-order valence-corrected chi connectivity index (χ1v) is 8.18. The van der Waals surface area contributed by atoms with E-state index in [1.165, 1.54) is 45.2 Å². The molecular weight excluding hydrogens is 236 g/mol. The van der Waals surface area contributed by atoms with Crippen molar-refractivity contribution in [2.45, 2.75) is 64.5 Å². The first kappa shape index (κ1) is 15.3. The molecule has 2 fully saturated rings. The van der Waals surface area contributed by atoms with Crippen LogP contribution in [0.4, 0.5) is 0 Å². The molecular formula is C16H32N2O. The van der Waals surface area contributed by atoms with Gasteiger partial charge in [0.2, 0.25) is 0 Å². The fourth-order valence-electron chi connectivity index (χ4n) is 3.36. The zero-order chi connectivity index (χ0) is 13.9. The highest BCUT2D eigenvalue weighted by molar-refractivity contribution is 4.86. The Kier molecular flexibility index (Phi) is 5.27. The van der Waals surface area contributed by atoms with Gasteiger partial charge in [-0.1, -0.05) is 20.3 Å². The van der Waals surface area contributed by atoms with Gasteiger partial charge in [0.15, 0.2) is 0 Å². The lowest BCUT2D eigenvalue weighted by molar-refractivity contribution is -0.0294. The quantitative estimate of drug-likeness (QED) is 0.848. The van der Waals surface area contributed by atoms with Crippen molar-refractivity contribution < 1.29 is 5.11 Å². The second kappa shape index (κ2) is 6.55. The summed E-state index contributed by atoms with van der Waals surface area (Å²) < 4.78 is 0.